The van der Waals surface area contributed by atoms with Gasteiger partial charge in [-0.25, -0.2) is 0 Å². The van der Waals surface area contributed by atoms with Crippen molar-refractivity contribution in [2.24, 2.45) is 0 Å². The molecule has 0 aliphatic carbocycles. The Morgan fingerprint density at radius 3 is 2.67 bits per heavy atom. The molecule has 0 bridgehead atoms. The Morgan fingerprint density at radius 1 is 1.27 bits per heavy atom. The molecule has 0 spiro atoms. The lowest BCUT2D eigenvalue weighted by Gasteiger charge is -2.03. The number of rotatable bonds is 2. The Kier molecular flexibility index (Phi) is 2.56. The molecule has 0 radical (unpaired) electrons. The highest BCUT2D eigenvalue weighted by Gasteiger charge is 2.10. The van der Waals surface area contributed by atoms with Crippen molar-refractivity contribution < 1.29 is 4.92 Å². The Bertz CT molecular complexity index is 525. The van der Waals surface area contributed by atoms with E-state index in [-0.39, 0.29) is 11.6 Å². The van der Waals surface area contributed by atoms with E-state index in [1.165, 1.54) is 6.07 Å². The Labute approximate surface area is 91.4 Å². The predicted octanol–water partition coefficient (Wildman–Crippen LogP) is 3.49. The fraction of sp³-hybridized carbons (Fsp3) is 0.0909. The Balaban J connectivity index is 2.77. The standard InChI is InChI=1S/C11H8ClNO2/c12-7-9-6-10(13(14)15)5-8-3-1-2-4-11(8)9/h1-6H,7H2. The zero-order valence-electron chi connectivity index (χ0n) is 7.81. The van der Waals surface area contributed by atoms with E-state index in [0.717, 1.165) is 16.3 Å². The van der Waals surface area contributed by atoms with Gasteiger partial charge in [0.25, 0.3) is 5.69 Å². The number of fused-ring (bicyclic) bond motifs is 1. The third-order valence-corrected chi connectivity index (χ3v) is 2.57. The molecule has 76 valence electrons. The molecule has 15 heavy (non-hydrogen) atoms. The van der Waals surface area contributed by atoms with E-state index in [1.807, 2.05) is 24.3 Å². The number of non-ortho nitro benzene ring substituents is 1. The van der Waals surface area contributed by atoms with Crippen molar-refractivity contribution in [3.8, 4) is 0 Å². The second-order valence-corrected chi connectivity index (χ2v) is 3.48. The van der Waals surface area contributed by atoms with Gasteiger partial charge in [-0.3, -0.25) is 10.1 Å². The minimum absolute atomic E-state index is 0.0874. The lowest BCUT2D eigenvalue weighted by atomic mass is 10.0. The molecule has 0 aromatic heterocycles. The number of halogens is 1. The average Bonchev–Trinajstić information content (AvgIpc) is 2.27. The van der Waals surface area contributed by atoms with Crippen LogP contribution in [0.4, 0.5) is 5.69 Å². The van der Waals surface area contributed by atoms with Gasteiger partial charge in [0.05, 0.1) is 4.92 Å². The van der Waals surface area contributed by atoms with Crippen LogP contribution in [0.25, 0.3) is 10.8 Å². The number of nitro benzene ring substituents is 1. The van der Waals surface area contributed by atoms with Crippen LogP contribution >= 0.6 is 11.6 Å². The van der Waals surface area contributed by atoms with E-state index in [4.69, 9.17) is 11.6 Å². The van der Waals surface area contributed by atoms with Gasteiger partial charge in [0.15, 0.2) is 0 Å². The van der Waals surface area contributed by atoms with Gasteiger partial charge in [0.1, 0.15) is 0 Å². The van der Waals surface area contributed by atoms with Crippen molar-refractivity contribution in [3.63, 3.8) is 0 Å². The summed E-state index contributed by atoms with van der Waals surface area (Å²) in [5.74, 6) is 0.280. The maximum absolute atomic E-state index is 10.7. The predicted molar refractivity (Wildman–Crippen MR) is 60.2 cm³/mol. The largest absolute Gasteiger partial charge is 0.270 e. The van der Waals surface area contributed by atoms with Crippen LogP contribution in [0.15, 0.2) is 36.4 Å². The van der Waals surface area contributed by atoms with Gasteiger partial charge in [0, 0.05) is 18.0 Å². The third-order valence-electron chi connectivity index (χ3n) is 2.29. The highest BCUT2D eigenvalue weighted by atomic mass is 35.5. The smallest absolute Gasteiger partial charge is 0.258 e. The molecule has 0 fully saturated rings. The summed E-state index contributed by atoms with van der Waals surface area (Å²) in [7, 11) is 0. The summed E-state index contributed by atoms with van der Waals surface area (Å²) < 4.78 is 0. The molecule has 0 N–H and O–H groups in total. The molecule has 0 amide bonds. The van der Waals surface area contributed by atoms with Crippen LogP contribution in [0.1, 0.15) is 5.56 Å². The minimum atomic E-state index is -0.400. The first-order chi connectivity index (χ1) is 7.22. The van der Waals surface area contributed by atoms with Crippen LogP contribution in [-0.2, 0) is 5.88 Å². The number of hydrogen-bond donors (Lipinski definition) is 0. The Morgan fingerprint density at radius 2 is 2.00 bits per heavy atom. The normalized spacial score (nSPS) is 10.5. The topological polar surface area (TPSA) is 43.1 Å². The van der Waals surface area contributed by atoms with Gasteiger partial charge in [-0.2, -0.15) is 0 Å². The molecule has 2 aromatic rings. The molecule has 0 saturated heterocycles. The zero-order valence-corrected chi connectivity index (χ0v) is 8.57. The first-order valence-electron chi connectivity index (χ1n) is 4.44. The van der Waals surface area contributed by atoms with Gasteiger partial charge in [-0.1, -0.05) is 24.3 Å². The highest BCUT2D eigenvalue weighted by Crippen LogP contribution is 2.26. The molecular formula is C11H8ClNO2. The quantitative estimate of drug-likeness (QED) is 0.443. The number of nitrogens with zero attached hydrogens (tertiary/aromatic N) is 1. The maximum atomic E-state index is 10.7. The van der Waals surface area contributed by atoms with Crippen molar-refractivity contribution in [1.29, 1.82) is 0 Å². The number of benzene rings is 2. The second-order valence-electron chi connectivity index (χ2n) is 3.22. The van der Waals surface area contributed by atoms with Crippen molar-refractivity contribution >= 4 is 28.1 Å². The third kappa shape index (κ3) is 1.78. The van der Waals surface area contributed by atoms with Gasteiger partial charge >= 0.3 is 0 Å². The monoisotopic (exact) mass is 221 g/mol. The minimum Gasteiger partial charge on any atom is -0.258 e. The van der Waals surface area contributed by atoms with Crippen molar-refractivity contribution in [2.75, 3.05) is 0 Å². The highest BCUT2D eigenvalue weighted by molar-refractivity contribution is 6.18. The van der Waals surface area contributed by atoms with E-state index in [9.17, 15) is 10.1 Å². The summed E-state index contributed by atoms with van der Waals surface area (Å²) in [5, 5.41) is 12.5. The van der Waals surface area contributed by atoms with Gasteiger partial charge < -0.3 is 0 Å². The van der Waals surface area contributed by atoms with Crippen molar-refractivity contribution in [1.82, 2.24) is 0 Å². The molecule has 0 aliphatic rings. The Hall–Kier alpha value is -1.61. The molecule has 0 atom stereocenters. The second kappa shape index (κ2) is 3.87. The fourth-order valence-corrected chi connectivity index (χ4v) is 1.81. The first kappa shape index (κ1) is 9.93. The lowest BCUT2D eigenvalue weighted by Crippen LogP contribution is -1.90. The SMILES string of the molecule is O=[N+]([O-])c1cc(CCl)c2ccccc2c1. The van der Waals surface area contributed by atoms with Gasteiger partial charge in [0.2, 0.25) is 0 Å². The summed E-state index contributed by atoms with van der Waals surface area (Å²) in [4.78, 5) is 10.3. The fourth-order valence-electron chi connectivity index (χ4n) is 1.59. The van der Waals surface area contributed by atoms with Gasteiger partial charge in [-0.05, 0) is 16.3 Å². The summed E-state index contributed by atoms with van der Waals surface area (Å²) in [6.45, 7) is 0. The summed E-state index contributed by atoms with van der Waals surface area (Å²) in [6, 6.07) is 10.6. The molecule has 0 heterocycles. The van der Waals surface area contributed by atoms with E-state index >= 15 is 0 Å². The maximum Gasteiger partial charge on any atom is 0.270 e. The molecule has 0 saturated carbocycles. The lowest BCUT2D eigenvalue weighted by molar-refractivity contribution is -0.384. The van der Waals surface area contributed by atoms with Crippen LogP contribution in [0, 0.1) is 10.1 Å². The van der Waals surface area contributed by atoms with Crippen molar-refractivity contribution in [3.05, 3.63) is 52.1 Å². The first-order valence-corrected chi connectivity index (χ1v) is 4.98. The van der Waals surface area contributed by atoms with Crippen molar-refractivity contribution in [2.45, 2.75) is 5.88 Å². The molecule has 2 aromatic carbocycles. The van der Waals surface area contributed by atoms with E-state index in [1.54, 1.807) is 6.07 Å². The molecule has 0 unspecified atom stereocenters. The van der Waals surface area contributed by atoms with Gasteiger partial charge in [-0.15, -0.1) is 11.6 Å². The van der Waals surface area contributed by atoms with Crippen LogP contribution in [0.2, 0.25) is 0 Å². The summed E-state index contributed by atoms with van der Waals surface area (Å²) >= 11 is 5.76. The zero-order chi connectivity index (χ0) is 10.8. The van der Waals surface area contributed by atoms with E-state index < -0.39 is 4.92 Å². The number of alkyl halides is 1. The van der Waals surface area contributed by atoms with Crippen LogP contribution < -0.4 is 0 Å². The van der Waals surface area contributed by atoms with Crippen LogP contribution in [0.3, 0.4) is 0 Å². The van der Waals surface area contributed by atoms with E-state index in [0.29, 0.717) is 0 Å². The molecule has 2 rings (SSSR count). The summed E-state index contributed by atoms with van der Waals surface area (Å²) in [6.07, 6.45) is 0. The molecule has 4 heteroatoms. The molecular weight excluding hydrogens is 214 g/mol. The average molecular weight is 222 g/mol. The molecule has 0 aliphatic heterocycles. The summed E-state index contributed by atoms with van der Waals surface area (Å²) in [5.41, 5.74) is 0.880. The van der Waals surface area contributed by atoms with Crippen LogP contribution in [0.5, 0.6) is 0 Å². The number of nitro groups is 1. The number of hydrogen-bond acceptors (Lipinski definition) is 2. The molecule has 3 nitrogen and oxygen atoms in total. The van der Waals surface area contributed by atoms with Crippen LogP contribution in [-0.4, -0.2) is 4.92 Å². The van der Waals surface area contributed by atoms with E-state index in [2.05, 4.69) is 0 Å².